The molecule has 3 N–H and O–H groups in total. The van der Waals surface area contributed by atoms with E-state index in [1.807, 2.05) is 13.8 Å². The van der Waals surface area contributed by atoms with Crippen molar-refractivity contribution in [2.75, 3.05) is 0 Å². The monoisotopic (exact) mass is 376 g/mol. The normalized spacial score (nSPS) is 36.6. The molecule has 3 fully saturated rings. The minimum absolute atomic E-state index is 0.379. The Morgan fingerprint density at radius 1 is 1.07 bits per heavy atom. The van der Waals surface area contributed by atoms with Crippen molar-refractivity contribution >= 4 is 0 Å². The zero-order valence-electron chi connectivity index (χ0n) is 17.4. The molecule has 4 atom stereocenters. The highest BCUT2D eigenvalue weighted by Crippen LogP contribution is 2.53. The average Bonchev–Trinajstić information content (AvgIpc) is 2.93. The minimum atomic E-state index is -0.523. The molecular weight excluding hydrogens is 336 g/mol. The lowest BCUT2D eigenvalue weighted by atomic mass is 9.70. The lowest BCUT2D eigenvalue weighted by molar-refractivity contribution is 0.0608. The van der Waals surface area contributed by atoms with Crippen LogP contribution in [0.15, 0.2) is 23.3 Å². The van der Waals surface area contributed by atoms with Gasteiger partial charge in [-0.1, -0.05) is 36.1 Å². The smallest absolute Gasteiger partial charge is 0.0602 e. The standard InChI is InChI=1S/C24H40O3/c1-23(2,27)10-3-5-19-9-12-24(17-19)11-4-6-18(16-24)7-8-20-13-21(25)15-22(26)14-20/h7-8,19,21-22,25-27H,3-6,9-17H2,1-2H3/b18-7+/t19-,21+,22+,24+/m0/s1. The van der Waals surface area contributed by atoms with E-state index in [1.54, 1.807) is 5.57 Å². The molecule has 0 bridgehead atoms. The van der Waals surface area contributed by atoms with Crippen molar-refractivity contribution in [1.82, 2.24) is 0 Å². The van der Waals surface area contributed by atoms with Gasteiger partial charge in [0.05, 0.1) is 17.8 Å². The van der Waals surface area contributed by atoms with Gasteiger partial charge in [-0.05, 0) is 95.8 Å². The van der Waals surface area contributed by atoms with Gasteiger partial charge >= 0.3 is 0 Å². The zero-order valence-corrected chi connectivity index (χ0v) is 17.4. The molecule has 0 radical (unpaired) electrons. The maximum atomic E-state index is 9.92. The van der Waals surface area contributed by atoms with E-state index in [0.717, 1.165) is 31.6 Å². The Morgan fingerprint density at radius 2 is 1.78 bits per heavy atom. The van der Waals surface area contributed by atoms with Crippen molar-refractivity contribution in [2.45, 2.75) is 115 Å². The molecule has 0 unspecified atom stereocenters. The van der Waals surface area contributed by atoms with Crippen LogP contribution in [0.3, 0.4) is 0 Å². The van der Waals surface area contributed by atoms with E-state index in [1.165, 1.54) is 56.9 Å². The summed E-state index contributed by atoms with van der Waals surface area (Å²) in [6.45, 7) is 3.83. The topological polar surface area (TPSA) is 60.7 Å². The van der Waals surface area contributed by atoms with Gasteiger partial charge in [-0.3, -0.25) is 0 Å². The van der Waals surface area contributed by atoms with Crippen molar-refractivity contribution in [3.05, 3.63) is 23.3 Å². The number of aliphatic hydroxyl groups is 3. The van der Waals surface area contributed by atoms with E-state index in [9.17, 15) is 15.3 Å². The molecule has 0 aromatic carbocycles. The summed E-state index contributed by atoms with van der Waals surface area (Å²) in [5, 5.41) is 29.7. The van der Waals surface area contributed by atoms with Crippen molar-refractivity contribution < 1.29 is 15.3 Å². The molecule has 0 saturated heterocycles. The van der Waals surface area contributed by atoms with Gasteiger partial charge in [-0.25, -0.2) is 0 Å². The Bertz CT molecular complexity index is 544. The molecule has 3 nitrogen and oxygen atoms in total. The molecule has 1 spiro atoms. The Balaban J connectivity index is 1.53. The van der Waals surface area contributed by atoms with Crippen molar-refractivity contribution in [2.24, 2.45) is 11.3 Å². The molecule has 0 aromatic heterocycles. The SMILES string of the molecule is CC(C)(O)CCC[C@H]1CC[C@@]2(CCC/C(=C\C=C3C[C@@H](O)C[C@H](O)C3)C2)C1. The Labute approximate surface area is 165 Å². The second-order valence-electron chi connectivity index (χ2n) is 10.4. The van der Waals surface area contributed by atoms with E-state index in [0.29, 0.717) is 11.8 Å². The van der Waals surface area contributed by atoms with Gasteiger partial charge in [0.25, 0.3) is 0 Å². The summed E-state index contributed by atoms with van der Waals surface area (Å²) in [5.41, 5.74) is 2.77. The molecule has 0 aliphatic heterocycles. The van der Waals surface area contributed by atoms with Crippen LogP contribution in [0.5, 0.6) is 0 Å². The molecule has 3 saturated carbocycles. The number of hydrogen-bond acceptors (Lipinski definition) is 3. The fourth-order valence-corrected chi connectivity index (χ4v) is 5.82. The van der Waals surface area contributed by atoms with Gasteiger partial charge in [0.1, 0.15) is 0 Å². The molecule has 154 valence electrons. The number of aliphatic hydroxyl groups excluding tert-OH is 2. The van der Waals surface area contributed by atoms with Gasteiger partial charge in [0.2, 0.25) is 0 Å². The molecule has 0 amide bonds. The molecule has 3 aliphatic rings. The summed E-state index contributed by atoms with van der Waals surface area (Å²) >= 11 is 0. The minimum Gasteiger partial charge on any atom is -0.393 e. The van der Waals surface area contributed by atoms with Crippen LogP contribution in [0.2, 0.25) is 0 Å². The first-order valence-corrected chi connectivity index (χ1v) is 11.2. The fourth-order valence-electron chi connectivity index (χ4n) is 5.82. The van der Waals surface area contributed by atoms with Crippen LogP contribution in [0.1, 0.15) is 97.3 Å². The predicted molar refractivity (Wildman–Crippen MR) is 110 cm³/mol. The molecular formula is C24H40O3. The number of allylic oxidation sites excluding steroid dienone is 3. The summed E-state index contributed by atoms with van der Waals surface area (Å²) < 4.78 is 0. The van der Waals surface area contributed by atoms with Crippen LogP contribution >= 0.6 is 0 Å². The fraction of sp³-hybridized carbons (Fsp3) is 0.833. The van der Waals surface area contributed by atoms with Gasteiger partial charge in [0.15, 0.2) is 0 Å². The summed E-state index contributed by atoms with van der Waals surface area (Å²) in [4.78, 5) is 0. The van der Waals surface area contributed by atoms with Crippen LogP contribution in [0.25, 0.3) is 0 Å². The average molecular weight is 377 g/mol. The second kappa shape index (κ2) is 8.80. The number of rotatable bonds is 5. The van der Waals surface area contributed by atoms with Crippen molar-refractivity contribution in [3.8, 4) is 0 Å². The molecule has 0 aromatic rings. The third-order valence-corrected chi connectivity index (χ3v) is 7.11. The van der Waals surface area contributed by atoms with E-state index < -0.39 is 5.60 Å². The summed E-state index contributed by atoms with van der Waals surface area (Å²) in [6.07, 6.45) is 18.2. The third kappa shape index (κ3) is 6.44. The number of hydrogen-bond donors (Lipinski definition) is 3. The summed E-state index contributed by atoms with van der Waals surface area (Å²) in [7, 11) is 0. The van der Waals surface area contributed by atoms with E-state index in [4.69, 9.17) is 0 Å². The van der Waals surface area contributed by atoms with E-state index >= 15 is 0 Å². The van der Waals surface area contributed by atoms with Crippen LogP contribution in [0, 0.1) is 11.3 Å². The lowest BCUT2D eigenvalue weighted by Gasteiger charge is -2.35. The quantitative estimate of drug-likeness (QED) is 0.629. The van der Waals surface area contributed by atoms with Gasteiger partial charge < -0.3 is 15.3 Å². The summed E-state index contributed by atoms with van der Waals surface area (Å²) in [6, 6.07) is 0. The van der Waals surface area contributed by atoms with Gasteiger partial charge in [0, 0.05) is 0 Å². The zero-order chi connectivity index (χ0) is 19.5. The van der Waals surface area contributed by atoms with Crippen molar-refractivity contribution in [3.63, 3.8) is 0 Å². The van der Waals surface area contributed by atoms with Gasteiger partial charge in [-0.2, -0.15) is 0 Å². The van der Waals surface area contributed by atoms with E-state index in [-0.39, 0.29) is 12.2 Å². The second-order valence-corrected chi connectivity index (χ2v) is 10.4. The lowest BCUT2D eigenvalue weighted by Crippen LogP contribution is -2.24. The first kappa shape index (κ1) is 21.1. The Hall–Kier alpha value is -0.640. The molecule has 3 aliphatic carbocycles. The van der Waals surface area contributed by atoms with Gasteiger partial charge in [-0.15, -0.1) is 0 Å². The first-order valence-electron chi connectivity index (χ1n) is 11.2. The maximum absolute atomic E-state index is 9.92. The van der Waals surface area contributed by atoms with Crippen LogP contribution in [-0.4, -0.2) is 33.1 Å². The predicted octanol–water partition coefficient (Wildman–Crippen LogP) is 5.05. The highest BCUT2D eigenvalue weighted by molar-refractivity contribution is 5.22. The largest absolute Gasteiger partial charge is 0.393 e. The molecule has 3 heteroatoms. The first-order chi connectivity index (χ1) is 12.7. The highest BCUT2D eigenvalue weighted by atomic mass is 16.3. The summed E-state index contributed by atoms with van der Waals surface area (Å²) in [5.74, 6) is 0.841. The van der Waals surface area contributed by atoms with Crippen LogP contribution < -0.4 is 0 Å². The van der Waals surface area contributed by atoms with Crippen molar-refractivity contribution in [1.29, 1.82) is 0 Å². The van der Waals surface area contributed by atoms with E-state index in [2.05, 4.69) is 12.2 Å². The third-order valence-electron chi connectivity index (χ3n) is 7.11. The van der Waals surface area contributed by atoms with Crippen LogP contribution in [0.4, 0.5) is 0 Å². The Morgan fingerprint density at radius 3 is 2.48 bits per heavy atom. The Kier molecular flexibility index (Phi) is 6.87. The highest BCUT2D eigenvalue weighted by Gasteiger charge is 2.40. The molecule has 27 heavy (non-hydrogen) atoms. The molecule has 0 heterocycles. The molecule has 3 rings (SSSR count). The van der Waals surface area contributed by atoms with Crippen LogP contribution in [-0.2, 0) is 0 Å². The maximum Gasteiger partial charge on any atom is 0.0602 e.